The van der Waals surface area contributed by atoms with Crippen molar-refractivity contribution in [2.75, 3.05) is 0 Å². The molecular formula is C13H15ClN2S. The molecule has 0 aliphatic carbocycles. The number of aryl methyl sites for hydroxylation is 2. The maximum atomic E-state index is 6.21. The Morgan fingerprint density at radius 2 is 2.18 bits per heavy atom. The van der Waals surface area contributed by atoms with Crippen molar-refractivity contribution in [2.24, 2.45) is 5.73 Å². The average molecular weight is 267 g/mol. The number of aromatic nitrogens is 1. The Kier molecular flexibility index (Phi) is 3.82. The molecule has 0 bridgehead atoms. The molecule has 0 aliphatic rings. The van der Waals surface area contributed by atoms with Gasteiger partial charge in [-0.2, -0.15) is 0 Å². The summed E-state index contributed by atoms with van der Waals surface area (Å²) in [6, 6.07) is 5.82. The molecule has 90 valence electrons. The fraction of sp³-hybridized carbons (Fsp3) is 0.308. The van der Waals surface area contributed by atoms with E-state index >= 15 is 0 Å². The fourth-order valence-corrected chi connectivity index (χ4v) is 2.91. The standard InChI is InChI=1S/C13H15ClN2S/c1-8-5-10(14)3-4-11(8)12(15)6-13-16-9(2)7-17-13/h3-5,7,12H,6,15H2,1-2H3. The lowest BCUT2D eigenvalue weighted by Crippen LogP contribution is -2.14. The zero-order chi connectivity index (χ0) is 12.4. The van der Waals surface area contributed by atoms with Gasteiger partial charge in [0.15, 0.2) is 0 Å². The van der Waals surface area contributed by atoms with E-state index in [4.69, 9.17) is 17.3 Å². The zero-order valence-corrected chi connectivity index (χ0v) is 11.5. The summed E-state index contributed by atoms with van der Waals surface area (Å²) < 4.78 is 0. The Balaban J connectivity index is 2.17. The van der Waals surface area contributed by atoms with Gasteiger partial charge < -0.3 is 5.73 Å². The monoisotopic (exact) mass is 266 g/mol. The number of nitrogens with zero attached hydrogens (tertiary/aromatic N) is 1. The van der Waals surface area contributed by atoms with Gasteiger partial charge in [0, 0.05) is 28.6 Å². The average Bonchev–Trinajstić information content (AvgIpc) is 2.63. The number of nitrogens with two attached hydrogens (primary N) is 1. The van der Waals surface area contributed by atoms with Gasteiger partial charge in [-0.15, -0.1) is 11.3 Å². The summed E-state index contributed by atoms with van der Waals surface area (Å²) in [5.74, 6) is 0. The van der Waals surface area contributed by atoms with E-state index in [9.17, 15) is 0 Å². The number of hydrogen-bond acceptors (Lipinski definition) is 3. The first-order chi connectivity index (χ1) is 8.06. The van der Waals surface area contributed by atoms with E-state index in [2.05, 4.69) is 10.4 Å². The van der Waals surface area contributed by atoms with E-state index in [-0.39, 0.29) is 6.04 Å². The summed E-state index contributed by atoms with van der Waals surface area (Å²) in [6.07, 6.45) is 0.779. The van der Waals surface area contributed by atoms with E-state index < -0.39 is 0 Å². The normalized spacial score (nSPS) is 12.7. The van der Waals surface area contributed by atoms with Crippen molar-refractivity contribution in [3.8, 4) is 0 Å². The van der Waals surface area contributed by atoms with Crippen molar-refractivity contribution in [1.82, 2.24) is 4.98 Å². The minimum absolute atomic E-state index is 0.0159. The molecule has 2 aromatic rings. The molecule has 0 aliphatic heterocycles. The van der Waals surface area contributed by atoms with Crippen LogP contribution in [0, 0.1) is 13.8 Å². The number of hydrogen-bond donors (Lipinski definition) is 1. The quantitative estimate of drug-likeness (QED) is 0.921. The highest BCUT2D eigenvalue weighted by Crippen LogP contribution is 2.23. The Labute approximate surface area is 110 Å². The van der Waals surface area contributed by atoms with E-state index in [0.29, 0.717) is 0 Å². The fourth-order valence-electron chi connectivity index (χ4n) is 1.85. The van der Waals surface area contributed by atoms with Gasteiger partial charge in [0.1, 0.15) is 0 Å². The van der Waals surface area contributed by atoms with Crippen LogP contribution in [0.3, 0.4) is 0 Å². The molecule has 1 aromatic carbocycles. The molecule has 2 nitrogen and oxygen atoms in total. The van der Waals surface area contributed by atoms with Crippen LogP contribution in [-0.2, 0) is 6.42 Å². The summed E-state index contributed by atoms with van der Waals surface area (Å²) in [5, 5.41) is 3.89. The predicted octanol–water partition coefficient (Wildman–Crippen LogP) is 3.66. The molecule has 1 aromatic heterocycles. The molecule has 1 atom stereocenters. The first kappa shape index (κ1) is 12.6. The first-order valence-electron chi connectivity index (χ1n) is 5.49. The van der Waals surface area contributed by atoms with E-state index in [1.165, 1.54) is 0 Å². The van der Waals surface area contributed by atoms with Crippen LogP contribution >= 0.6 is 22.9 Å². The van der Waals surface area contributed by atoms with E-state index in [1.807, 2.05) is 32.0 Å². The molecule has 0 fully saturated rings. The molecule has 17 heavy (non-hydrogen) atoms. The van der Waals surface area contributed by atoms with Gasteiger partial charge in [-0.1, -0.05) is 17.7 Å². The summed E-state index contributed by atoms with van der Waals surface area (Å²) in [4.78, 5) is 4.44. The van der Waals surface area contributed by atoms with Gasteiger partial charge in [-0.3, -0.25) is 0 Å². The van der Waals surface area contributed by atoms with Crippen molar-refractivity contribution in [3.05, 3.63) is 50.4 Å². The maximum Gasteiger partial charge on any atom is 0.0947 e. The van der Waals surface area contributed by atoms with Gasteiger partial charge >= 0.3 is 0 Å². The lowest BCUT2D eigenvalue weighted by atomic mass is 10.00. The minimum Gasteiger partial charge on any atom is -0.324 e. The highest BCUT2D eigenvalue weighted by Gasteiger charge is 2.12. The Hall–Kier alpha value is -0.900. The topological polar surface area (TPSA) is 38.9 Å². The van der Waals surface area contributed by atoms with Crippen molar-refractivity contribution >= 4 is 22.9 Å². The van der Waals surface area contributed by atoms with Crippen LogP contribution in [0.15, 0.2) is 23.6 Å². The Bertz CT molecular complexity index is 522. The molecule has 4 heteroatoms. The second kappa shape index (κ2) is 5.17. The smallest absolute Gasteiger partial charge is 0.0947 e. The third-order valence-corrected chi connectivity index (χ3v) is 3.92. The molecule has 2 rings (SSSR count). The summed E-state index contributed by atoms with van der Waals surface area (Å²) in [7, 11) is 0. The van der Waals surface area contributed by atoms with Gasteiger partial charge in [0.2, 0.25) is 0 Å². The third-order valence-electron chi connectivity index (χ3n) is 2.69. The van der Waals surface area contributed by atoms with Crippen molar-refractivity contribution < 1.29 is 0 Å². The molecule has 1 heterocycles. The Morgan fingerprint density at radius 1 is 1.41 bits per heavy atom. The van der Waals surface area contributed by atoms with Crippen LogP contribution in [0.25, 0.3) is 0 Å². The van der Waals surface area contributed by atoms with Crippen LogP contribution in [0.4, 0.5) is 0 Å². The highest BCUT2D eigenvalue weighted by molar-refractivity contribution is 7.09. The molecule has 0 saturated heterocycles. The van der Waals surface area contributed by atoms with Crippen LogP contribution in [-0.4, -0.2) is 4.98 Å². The SMILES string of the molecule is Cc1csc(CC(N)c2ccc(Cl)cc2C)n1. The van der Waals surface area contributed by atoms with E-state index in [0.717, 1.165) is 33.3 Å². The molecule has 0 amide bonds. The number of halogens is 1. The van der Waals surface area contributed by atoms with Gasteiger partial charge in [-0.05, 0) is 37.1 Å². The van der Waals surface area contributed by atoms with Gasteiger partial charge in [-0.25, -0.2) is 4.98 Å². The second-order valence-electron chi connectivity index (χ2n) is 4.19. The molecule has 0 saturated carbocycles. The van der Waals surface area contributed by atoms with E-state index in [1.54, 1.807) is 11.3 Å². The van der Waals surface area contributed by atoms with Crippen molar-refractivity contribution in [1.29, 1.82) is 0 Å². The molecule has 1 unspecified atom stereocenters. The maximum absolute atomic E-state index is 6.21. The highest BCUT2D eigenvalue weighted by atomic mass is 35.5. The van der Waals surface area contributed by atoms with Crippen molar-refractivity contribution in [2.45, 2.75) is 26.3 Å². The number of benzene rings is 1. The first-order valence-corrected chi connectivity index (χ1v) is 6.74. The van der Waals surface area contributed by atoms with Gasteiger partial charge in [0.05, 0.1) is 5.01 Å². The number of rotatable bonds is 3. The largest absolute Gasteiger partial charge is 0.324 e. The summed E-state index contributed by atoms with van der Waals surface area (Å²) >= 11 is 7.60. The van der Waals surface area contributed by atoms with Crippen molar-refractivity contribution in [3.63, 3.8) is 0 Å². The lowest BCUT2D eigenvalue weighted by molar-refractivity contribution is 0.712. The molecular weight excluding hydrogens is 252 g/mol. The molecule has 0 radical (unpaired) electrons. The summed E-state index contributed by atoms with van der Waals surface area (Å²) in [5.41, 5.74) is 9.55. The molecule has 2 N–H and O–H groups in total. The van der Waals surface area contributed by atoms with Crippen LogP contribution in [0.2, 0.25) is 5.02 Å². The summed E-state index contributed by atoms with van der Waals surface area (Å²) in [6.45, 7) is 4.03. The number of thiazole rings is 1. The molecule has 0 spiro atoms. The second-order valence-corrected chi connectivity index (χ2v) is 5.57. The van der Waals surface area contributed by atoms with Crippen LogP contribution in [0.5, 0.6) is 0 Å². The van der Waals surface area contributed by atoms with Gasteiger partial charge in [0.25, 0.3) is 0 Å². The third kappa shape index (κ3) is 3.06. The zero-order valence-electron chi connectivity index (χ0n) is 9.90. The van der Waals surface area contributed by atoms with Crippen LogP contribution < -0.4 is 5.73 Å². The Morgan fingerprint density at radius 3 is 2.76 bits per heavy atom. The predicted molar refractivity (Wildman–Crippen MR) is 73.7 cm³/mol. The van der Waals surface area contributed by atoms with Crippen LogP contribution in [0.1, 0.15) is 27.9 Å². The lowest BCUT2D eigenvalue weighted by Gasteiger charge is -2.13. The minimum atomic E-state index is -0.0159.